The van der Waals surface area contributed by atoms with Crippen LogP contribution in [0.4, 0.5) is 0 Å². The molecule has 0 unspecified atom stereocenters. The molecule has 2 heterocycles. The van der Waals surface area contributed by atoms with E-state index in [0.29, 0.717) is 18.8 Å². The summed E-state index contributed by atoms with van der Waals surface area (Å²) in [6.07, 6.45) is 3.39. The Hall–Kier alpha value is -2.64. The average molecular weight is 412 g/mol. The minimum absolute atomic E-state index is 0.226. The van der Waals surface area contributed by atoms with Crippen molar-refractivity contribution in [2.45, 2.75) is 30.7 Å². The number of aryl methyl sites for hydroxylation is 1. The lowest BCUT2D eigenvalue weighted by molar-refractivity contribution is 0.273. The normalized spacial score (nSPS) is 16.1. The molecular formula is C22H25N3O3S. The van der Waals surface area contributed by atoms with E-state index in [2.05, 4.69) is 28.6 Å². The molecule has 29 heavy (non-hydrogen) atoms. The van der Waals surface area contributed by atoms with Gasteiger partial charge in [0.2, 0.25) is 10.0 Å². The zero-order chi connectivity index (χ0) is 20.4. The number of aromatic nitrogens is 2. The maximum absolute atomic E-state index is 13.1. The third-order valence-electron chi connectivity index (χ3n) is 5.48. The van der Waals surface area contributed by atoms with Crippen LogP contribution in [-0.4, -0.2) is 42.5 Å². The smallest absolute Gasteiger partial charge is 0.243 e. The van der Waals surface area contributed by atoms with Gasteiger partial charge >= 0.3 is 0 Å². The van der Waals surface area contributed by atoms with E-state index < -0.39 is 10.0 Å². The molecule has 1 aliphatic heterocycles. The Labute approximate surface area is 171 Å². The zero-order valence-electron chi connectivity index (χ0n) is 16.7. The second-order valence-corrected chi connectivity index (χ2v) is 9.21. The summed E-state index contributed by atoms with van der Waals surface area (Å²) >= 11 is 0. The molecular weight excluding hydrogens is 386 g/mol. The Balaban J connectivity index is 1.54. The van der Waals surface area contributed by atoms with Gasteiger partial charge in [-0.25, -0.2) is 13.4 Å². The molecule has 0 atom stereocenters. The number of ether oxygens (including phenoxy) is 1. The zero-order valence-corrected chi connectivity index (χ0v) is 17.5. The van der Waals surface area contributed by atoms with Crippen LogP contribution in [0, 0.1) is 6.92 Å². The van der Waals surface area contributed by atoms with E-state index in [-0.39, 0.29) is 10.9 Å². The van der Waals surface area contributed by atoms with Gasteiger partial charge in [0.1, 0.15) is 11.6 Å². The molecule has 0 N–H and O–H groups in total. The summed E-state index contributed by atoms with van der Waals surface area (Å²) < 4.78 is 35.1. The highest BCUT2D eigenvalue weighted by Crippen LogP contribution is 2.32. The lowest BCUT2D eigenvalue weighted by atomic mass is 10.1. The number of piperidine rings is 1. The number of hydrogen-bond donors (Lipinski definition) is 0. The average Bonchev–Trinajstić information content (AvgIpc) is 3.16. The van der Waals surface area contributed by atoms with Crippen molar-refractivity contribution in [3.63, 3.8) is 0 Å². The fourth-order valence-corrected chi connectivity index (χ4v) is 5.46. The van der Waals surface area contributed by atoms with Crippen molar-refractivity contribution in [3.8, 4) is 17.1 Å². The van der Waals surface area contributed by atoms with Crippen molar-refractivity contribution >= 4 is 10.0 Å². The van der Waals surface area contributed by atoms with E-state index in [4.69, 9.17) is 4.74 Å². The molecule has 7 heteroatoms. The third-order valence-corrected chi connectivity index (χ3v) is 7.38. The molecule has 1 saturated heterocycles. The first-order valence-corrected chi connectivity index (χ1v) is 11.2. The van der Waals surface area contributed by atoms with E-state index in [1.807, 2.05) is 24.4 Å². The van der Waals surface area contributed by atoms with Gasteiger partial charge in [0.05, 0.1) is 12.0 Å². The molecule has 0 amide bonds. The Morgan fingerprint density at radius 1 is 1.03 bits per heavy atom. The SMILES string of the molecule is COc1cccc(S(=O)(=O)N2CCC(n3c(C)cnc3-c3ccccc3)CC2)c1. The highest BCUT2D eigenvalue weighted by atomic mass is 32.2. The summed E-state index contributed by atoms with van der Waals surface area (Å²) in [5.41, 5.74) is 2.17. The predicted molar refractivity (Wildman–Crippen MR) is 112 cm³/mol. The molecule has 152 valence electrons. The second-order valence-electron chi connectivity index (χ2n) is 7.27. The number of hydrogen-bond acceptors (Lipinski definition) is 4. The van der Waals surface area contributed by atoms with Gasteiger partial charge in [-0.2, -0.15) is 4.31 Å². The molecule has 0 spiro atoms. The summed E-state index contributed by atoms with van der Waals surface area (Å²) in [5.74, 6) is 1.49. The first-order chi connectivity index (χ1) is 14.0. The summed E-state index contributed by atoms with van der Waals surface area (Å²) in [6.45, 7) is 3.02. The molecule has 1 aromatic heterocycles. The van der Waals surface area contributed by atoms with E-state index in [1.54, 1.807) is 28.6 Å². The largest absolute Gasteiger partial charge is 0.497 e. The lowest BCUT2D eigenvalue weighted by Gasteiger charge is -2.33. The molecule has 1 fully saturated rings. The van der Waals surface area contributed by atoms with Gasteiger partial charge in [-0.05, 0) is 31.9 Å². The Bertz CT molecular complexity index is 1090. The summed E-state index contributed by atoms with van der Waals surface area (Å²) in [6, 6.07) is 17.0. The monoisotopic (exact) mass is 411 g/mol. The number of rotatable bonds is 5. The van der Waals surface area contributed by atoms with Crippen LogP contribution in [0.1, 0.15) is 24.6 Å². The van der Waals surface area contributed by atoms with Crippen molar-refractivity contribution in [2.24, 2.45) is 0 Å². The van der Waals surface area contributed by atoms with Crippen LogP contribution in [0.3, 0.4) is 0 Å². The van der Waals surface area contributed by atoms with Crippen molar-refractivity contribution in [2.75, 3.05) is 20.2 Å². The number of sulfonamides is 1. The first-order valence-electron chi connectivity index (χ1n) is 9.74. The number of nitrogens with zero attached hydrogens (tertiary/aromatic N) is 3. The van der Waals surface area contributed by atoms with Crippen LogP contribution < -0.4 is 4.74 Å². The summed E-state index contributed by atoms with van der Waals surface area (Å²) in [7, 11) is -1.99. The molecule has 1 aliphatic rings. The van der Waals surface area contributed by atoms with Crippen LogP contribution in [-0.2, 0) is 10.0 Å². The first kappa shape index (κ1) is 19.7. The van der Waals surface area contributed by atoms with Crippen molar-refractivity contribution in [1.29, 1.82) is 0 Å². The molecule has 4 rings (SSSR count). The quantitative estimate of drug-likeness (QED) is 0.639. The van der Waals surface area contributed by atoms with Gasteiger partial charge < -0.3 is 9.30 Å². The van der Waals surface area contributed by atoms with Crippen LogP contribution >= 0.6 is 0 Å². The Morgan fingerprint density at radius 3 is 2.45 bits per heavy atom. The van der Waals surface area contributed by atoms with Gasteiger partial charge in [0.15, 0.2) is 0 Å². The van der Waals surface area contributed by atoms with Crippen LogP contribution in [0.2, 0.25) is 0 Å². The fourth-order valence-electron chi connectivity index (χ4n) is 3.96. The molecule has 0 radical (unpaired) electrons. The van der Waals surface area contributed by atoms with Crippen LogP contribution in [0.15, 0.2) is 65.7 Å². The molecule has 6 nitrogen and oxygen atoms in total. The van der Waals surface area contributed by atoms with Gasteiger partial charge in [0.25, 0.3) is 0 Å². The fraction of sp³-hybridized carbons (Fsp3) is 0.318. The maximum atomic E-state index is 13.1. The van der Waals surface area contributed by atoms with Gasteiger partial charge in [-0.3, -0.25) is 0 Å². The molecule has 0 bridgehead atoms. The van der Waals surface area contributed by atoms with Crippen molar-refractivity contribution in [3.05, 3.63) is 66.5 Å². The molecule has 3 aromatic rings. The third kappa shape index (κ3) is 3.80. The molecule has 0 saturated carbocycles. The van der Waals surface area contributed by atoms with E-state index in [9.17, 15) is 8.42 Å². The number of methoxy groups -OCH3 is 1. The van der Waals surface area contributed by atoms with Gasteiger partial charge in [0, 0.05) is 42.7 Å². The number of benzene rings is 2. The topological polar surface area (TPSA) is 64.4 Å². The maximum Gasteiger partial charge on any atom is 0.243 e. The van der Waals surface area contributed by atoms with Crippen molar-refractivity contribution in [1.82, 2.24) is 13.9 Å². The van der Waals surface area contributed by atoms with Crippen LogP contribution in [0.25, 0.3) is 11.4 Å². The summed E-state index contributed by atoms with van der Waals surface area (Å²) in [4.78, 5) is 4.89. The minimum atomic E-state index is -3.53. The van der Waals surface area contributed by atoms with Crippen LogP contribution in [0.5, 0.6) is 5.75 Å². The molecule has 0 aliphatic carbocycles. The number of imidazole rings is 1. The van der Waals surface area contributed by atoms with Gasteiger partial charge in [-0.15, -0.1) is 0 Å². The minimum Gasteiger partial charge on any atom is -0.497 e. The second kappa shape index (κ2) is 8.00. The van der Waals surface area contributed by atoms with Gasteiger partial charge in [-0.1, -0.05) is 36.4 Å². The standard InChI is InChI=1S/C22H25N3O3S/c1-17-16-23-22(18-7-4-3-5-8-18)25(17)19-11-13-24(14-12-19)29(26,27)21-10-6-9-20(15-21)28-2/h3-10,15-16,19H,11-14H2,1-2H3. The van der Waals surface area contributed by atoms with Crippen molar-refractivity contribution < 1.29 is 13.2 Å². The lowest BCUT2D eigenvalue weighted by Crippen LogP contribution is -2.39. The summed E-state index contributed by atoms with van der Waals surface area (Å²) in [5, 5.41) is 0. The van der Waals surface area contributed by atoms with E-state index in [0.717, 1.165) is 29.9 Å². The highest BCUT2D eigenvalue weighted by molar-refractivity contribution is 7.89. The predicted octanol–water partition coefficient (Wildman–Crippen LogP) is 3.89. The Morgan fingerprint density at radius 2 is 1.76 bits per heavy atom. The van der Waals surface area contributed by atoms with E-state index >= 15 is 0 Å². The highest BCUT2D eigenvalue weighted by Gasteiger charge is 2.31. The Kier molecular flexibility index (Phi) is 5.43. The molecule has 2 aromatic carbocycles. The van der Waals surface area contributed by atoms with E-state index in [1.165, 1.54) is 7.11 Å².